The second-order valence-electron chi connectivity index (χ2n) is 16.2. The number of unbranched alkanes of at least 4 members (excludes halogenated alkanes) is 34. The van der Waals surface area contributed by atoms with E-state index in [9.17, 15) is 15.0 Å². The zero-order valence-electron chi connectivity index (χ0n) is 35.3. The molecule has 4 nitrogen and oxygen atoms in total. The summed E-state index contributed by atoms with van der Waals surface area (Å²) in [5.74, 6) is -0.0630. The van der Waals surface area contributed by atoms with Crippen LogP contribution in [0.4, 0.5) is 0 Å². The van der Waals surface area contributed by atoms with Crippen LogP contribution in [0.5, 0.6) is 0 Å². The van der Waals surface area contributed by atoms with Gasteiger partial charge in [-0.3, -0.25) is 4.79 Å². The van der Waals surface area contributed by atoms with E-state index in [1.54, 1.807) is 6.08 Å². The molecule has 52 heavy (non-hydrogen) atoms. The first-order chi connectivity index (χ1) is 25.7. The van der Waals surface area contributed by atoms with Gasteiger partial charge in [-0.05, 0) is 44.9 Å². The minimum Gasteiger partial charge on any atom is -0.394 e. The van der Waals surface area contributed by atoms with Crippen molar-refractivity contribution in [3.05, 3.63) is 24.3 Å². The van der Waals surface area contributed by atoms with Gasteiger partial charge in [-0.15, -0.1) is 0 Å². The van der Waals surface area contributed by atoms with E-state index in [0.29, 0.717) is 6.42 Å². The topological polar surface area (TPSA) is 69.6 Å². The van der Waals surface area contributed by atoms with Crippen LogP contribution in [0.25, 0.3) is 0 Å². The van der Waals surface area contributed by atoms with Crippen molar-refractivity contribution in [2.24, 2.45) is 0 Å². The summed E-state index contributed by atoms with van der Waals surface area (Å²) in [4.78, 5) is 12.4. The third-order valence-corrected chi connectivity index (χ3v) is 10.9. The SMILES string of the molecule is CCCCCCCCCCC/C=C/C(O)C(CO)NC(=O)CCCCCCCCCCCCCCC/C=C\CCCCCCCCCCCCCC. The Hall–Kier alpha value is -1.13. The fourth-order valence-electron chi connectivity index (χ4n) is 7.29. The van der Waals surface area contributed by atoms with E-state index < -0.39 is 12.1 Å². The maximum atomic E-state index is 12.4. The van der Waals surface area contributed by atoms with Crippen LogP contribution in [0.1, 0.15) is 258 Å². The predicted molar refractivity (Wildman–Crippen MR) is 230 cm³/mol. The summed E-state index contributed by atoms with van der Waals surface area (Å²) in [5.41, 5.74) is 0. The molecular weight excluding hydrogens is 639 g/mol. The lowest BCUT2D eigenvalue weighted by molar-refractivity contribution is -0.123. The third-order valence-electron chi connectivity index (χ3n) is 10.9. The molecule has 0 bridgehead atoms. The van der Waals surface area contributed by atoms with Gasteiger partial charge in [0.05, 0.1) is 18.8 Å². The molecule has 2 unspecified atom stereocenters. The van der Waals surface area contributed by atoms with Crippen molar-refractivity contribution in [1.29, 1.82) is 0 Å². The number of hydrogen-bond acceptors (Lipinski definition) is 3. The summed E-state index contributed by atoms with van der Waals surface area (Å²) in [6.07, 6.45) is 57.4. The molecule has 0 aliphatic carbocycles. The minimum atomic E-state index is -0.835. The lowest BCUT2D eigenvalue weighted by atomic mass is 10.0. The normalized spacial score (nSPS) is 13.1. The molecule has 2 atom stereocenters. The van der Waals surface area contributed by atoms with Crippen LogP contribution < -0.4 is 5.32 Å². The molecule has 4 heteroatoms. The molecule has 0 spiro atoms. The van der Waals surface area contributed by atoms with E-state index >= 15 is 0 Å². The van der Waals surface area contributed by atoms with E-state index in [-0.39, 0.29) is 12.5 Å². The molecule has 0 heterocycles. The number of allylic oxidation sites excluding steroid dienone is 3. The molecule has 0 aromatic heterocycles. The molecular formula is C48H93NO3. The van der Waals surface area contributed by atoms with Crippen LogP contribution in [0, 0.1) is 0 Å². The zero-order chi connectivity index (χ0) is 37.8. The van der Waals surface area contributed by atoms with Crippen molar-refractivity contribution in [1.82, 2.24) is 5.32 Å². The standard InChI is InChI=1S/C48H93NO3/c1-3-5-7-9-11-13-15-16-17-18-19-20-21-22-23-24-25-26-27-28-29-30-31-32-34-36-38-40-42-44-48(52)49-46(45-50)47(51)43-41-39-37-35-33-14-12-10-8-6-4-2/h22-23,41,43,46-47,50-51H,3-21,24-40,42,44-45H2,1-2H3,(H,49,52)/b23-22-,43-41+. The second-order valence-corrected chi connectivity index (χ2v) is 16.2. The van der Waals surface area contributed by atoms with Crippen molar-refractivity contribution in [2.75, 3.05) is 6.61 Å². The Labute approximate surface area is 326 Å². The van der Waals surface area contributed by atoms with Gasteiger partial charge in [0.15, 0.2) is 0 Å². The average molecular weight is 732 g/mol. The van der Waals surface area contributed by atoms with Gasteiger partial charge in [-0.1, -0.05) is 231 Å². The Kier molecular flexibility index (Phi) is 43.3. The Morgan fingerprint density at radius 3 is 1.06 bits per heavy atom. The maximum Gasteiger partial charge on any atom is 0.220 e. The lowest BCUT2D eigenvalue weighted by Crippen LogP contribution is -2.45. The quantitative estimate of drug-likeness (QED) is 0.0432. The molecule has 0 rings (SSSR count). The third kappa shape index (κ3) is 40.1. The smallest absolute Gasteiger partial charge is 0.220 e. The van der Waals surface area contributed by atoms with Crippen molar-refractivity contribution in [3.63, 3.8) is 0 Å². The molecule has 0 aliphatic rings. The summed E-state index contributed by atoms with van der Waals surface area (Å²) in [5, 5.41) is 22.9. The molecule has 0 fully saturated rings. The van der Waals surface area contributed by atoms with Crippen molar-refractivity contribution < 1.29 is 15.0 Å². The summed E-state index contributed by atoms with van der Waals surface area (Å²) in [6.45, 7) is 4.31. The van der Waals surface area contributed by atoms with Gasteiger partial charge >= 0.3 is 0 Å². The van der Waals surface area contributed by atoms with Crippen LogP contribution >= 0.6 is 0 Å². The molecule has 1 amide bonds. The van der Waals surface area contributed by atoms with Crippen LogP contribution in [-0.2, 0) is 4.79 Å². The number of carbonyl (C=O) groups is 1. The van der Waals surface area contributed by atoms with Gasteiger partial charge in [-0.2, -0.15) is 0 Å². The lowest BCUT2D eigenvalue weighted by Gasteiger charge is -2.20. The van der Waals surface area contributed by atoms with Gasteiger partial charge in [0.1, 0.15) is 0 Å². The maximum absolute atomic E-state index is 12.4. The van der Waals surface area contributed by atoms with Gasteiger partial charge in [0, 0.05) is 6.42 Å². The summed E-state index contributed by atoms with van der Waals surface area (Å²) in [6, 6.07) is -0.618. The first-order valence-corrected chi connectivity index (χ1v) is 23.6. The monoisotopic (exact) mass is 732 g/mol. The highest BCUT2D eigenvalue weighted by molar-refractivity contribution is 5.76. The Bertz CT molecular complexity index is 750. The van der Waals surface area contributed by atoms with Crippen LogP contribution in [0.15, 0.2) is 24.3 Å². The van der Waals surface area contributed by atoms with Gasteiger partial charge in [0.2, 0.25) is 5.91 Å². The summed E-state index contributed by atoms with van der Waals surface area (Å²) in [7, 11) is 0. The van der Waals surface area contributed by atoms with E-state index in [1.165, 1.54) is 212 Å². The van der Waals surface area contributed by atoms with E-state index in [2.05, 4.69) is 31.3 Å². The number of rotatable bonds is 43. The average Bonchev–Trinajstić information content (AvgIpc) is 3.15. The van der Waals surface area contributed by atoms with Crippen molar-refractivity contribution in [3.8, 4) is 0 Å². The molecule has 0 radical (unpaired) electrons. The molecule has 0 aromatic carbocycles. The first kappa shape index (κ1) is 50.9. The molecule has 308 valence electrons. The summed E-state index contributed by atoms with van der Waals surface area (Å²) >= 11 is 0. The molecule has 0 aliphatic heterocycles. The fraction of sp³-hybridized carbons (Fsp3) is 0.896. The number of nitrogens with one attached hydrogen (secondary N) is 1. The molecule has 0 saturated carbocycles. The molecule has 0 saturated heterocycles. The Balaban J connectivity index is 3.44. The van der Waals surface area contributed by atoms with Gasteiger partial charge in [0.25, 0.3) is 0 Å². The zero-order valence-corrected chi connectivity index (χ0v) is 35.3. The largest absolute Gasteiger partial charge is 0.394 e. The van der Waals surface area contributed by atoms with Gasteiger partial charge < -0.3 is 15.5 Å². The second kappa shape index (κ2) is 44.3. The van der Waals surface area contributed by atoms with Crippen molar-refractivity contribution in [2.45, 2.75) is 270 Å². The highest BCUT2D eigenvalue weighted by Gasteiger charge is 2.17. The van der Waals surface area contributed by atoms with Crippen molar-refractivity contribution >= 4 is 5.91 Å². The minimum absolute atomic E-state index is 0.0630. The Morgan fingerprint density at radius 2 is 0.731 bits per heavy atom. The van der Waals surface area contributed by atoms with Crippen LogP contribution in [0.3, 0.4) is 0 Å². The van der Waals surface area contributed by atoms with Gasteiger partial charge in [-0.25, -0.2) is 0 Å². The van der Waals surface area contributed by atoms with Crippen LogP contribution in [0.2, 0.25) is 0 Å². The predicted octanol–water partition coefficient (Wildman–Crippen LogP) is 14.8. The highest BCUT2D eigenvalue weighted by atomic mass is 16.3. The van der Waals surface area contributed by atoms with E-state index in [1.807, 2.05) is 6.08 Å². The number of carbonyl (C=O) groups excluding carboxylic acids is 1. The summed E-state index contributed by atoms with van der Waals surface area (Å²) < 4.78 is 0. The van der Waals surface area contributed by atoms with Crippen LogP contribution in [-0.4, -0.2) is 34.9 Å². The van der Waals surface area contributed by atoms with E-state index in [4.69, 9.17) is 0 Å². The first-order valence-electron chi connectivity index (χ1n) is 23.6. The Morgan fingerprint density at radius 1 is 0.442 bits per heavy atom. The number of aliphatic hydroxyl groups is 2. The number of aliphatic hydroxyl groups excluding tert-OH is 2. The number of amides is 1. The molecule has 0 aromatic rings. The van der Waals surface area contributed by atoms with E-state index in [0.717, 1.165) is 25.7 Å². The highest BCUT2D eigenvalue weighted by Crippen LogP contribution is 2.16. The fourth-order valence-corrected chi connectivity index (χ4v) is 7.29. The molecule has 3 N–H and O–H groups in total. The number of hydrogen-bond donors (Lipinski definition) is 3.